The molecule has 0 aliphatic rings. The van der Waals surface area contributed by atoms with Crippen molar-refractivity contribution < 1.29 is 19.8 Å². The Morgan fingerprint density at radius 1 is 1.00 bits per heavy atom. The van der Waals surface area contributed by atoms with Gasteiger partial charge in [0, 0.05) is 6.07 Å². The number of hydrogen-bond acceptors (Lipinski definition) is 4. The van der Waals surface area contributed by atoms with Gasteiger partial charge in [-0.3, -0.25) is 0 Å². The van der Waals surface area contributed by atoms with Crippen LogP contribution in [0, 0.1) is 0 Å². The van der Waals surface area contributed by atoms with Crippen LogP contribution in [0.15, 0.2) is 12.4 Å². The van der Waals surface area contributed by atoms with E-state index in [4.69, 9.17) is 10.2 Å². The van der Waals surface area contributed by atoms with Crippen LogP contribution in [-0.4, -0.2) is 32.1 Å². The number of rotatable bonds is 2. The molecule has 2 N–H and O–H groups in total. The van der Waals surface area contributed by atoms with Crippen molar-refractivity contribution in [3.63, 3.8) is 0 Å². The summed E-state index contributed by atoms with van der Waals surface area (Å²) in [5.41, 5.74) is -0.662. The monoisotopic (exact) mass is 240 g/mol. The summed E-state index contributed by atoms with van der Waals surface area (Å²) in [6.07, 6.45) is 0.896. The van der Waals surface area contributed by atoms with Crippen molar-refractivity contribution in [1.29, 1.82) is 0 Å². The summed E-state index contributed by atoms with van der Waals surface area (Å²) in [6.45, 7) is 0. The Labute approximate surface area is 90.8 Å². The molecule has 8 heteroatoms. The van der Waals surface area contributed by atoms with Gasteiger partial charge in [0.1, 0.15) is 6.33 Å². The van der Waals surface area contributed by atoms with Gasteiger partial charge in [0.25, 0.3) is 0 Å². The molecule has 0 atom stereocenters. The average Bonchev–Trinajstić information content (AvgIpc) is 2.04. The molecule has 0 unspecified atom stereocenters. The fourth-order valence-corrected chi connectivity index (χ4v) is 0.591. The number of aromatic carboxylic acids is 2. The van der Waals surface area contributed by atoms with E-state index in [2.05, 4.69) is 9.97 Å². The Hall–Kier alpha value is -1.40. The Morgan fingerprint density at radius 3 is 1.64 bits per heavy atom. The van der Waals surface area contributed by atoms with Gasteiger partial charge in [0.15, 0.2) is 11.4 Å². The largest absolute Gasteiger partial charge is 0.477 e. The fraction of sp³-hybridized carbons (Fsp3) is 0. The van der Waals surface area contributed by atoms with Gasteiger partial charge >= 0.3 is 11.9 Å². The Kier molecular flexibility index (Phi) is 6.59. The van der Waals surface area contributed by atoms with Gasteiger partial charge in [0.2, 0.25) is 0 Å². The van der Waals surface area contributed by atoms with E-state index in [1.54, 1.807) is 0 Å². The third kappa shape index (κ3) is 3.55. The number of nitrogens with zero attached hydrogens (tertiary/aromatic N) is 2. The van der Waals surface area contributed by atoms with E-state index in [1.165, 1.54) is 0 Å². The Morgan fingerprint density at radius 2 is 1.36 bits per heavy atom. The number of carboxylic acids is 2. The molecule has 0 spiro atoms. The maximum absolute atomic E-state index is 10.3. The molecule has 0 saturated heterocycles. The highest BCUT2D eigenvalue weighted by Gasteiger charge is 2.09. The first-order valence-corrected chi connectivity index (χ1v) is 2.90. The predicted octanol–water partition coefficient (Wildman–Crippen LogP) is 0.717. The lowest BCUT2D eigenvalue weighted by atomic mass is 10.3. The summed E-state index contributed by atoms with van der Waals surface area (Å²) in [7, 11) is 0. The fourth-order valence-electron chi connectivity index (χ4n) is 0.591. The van der Waals surface area contributed by atoms with Crippen molar-refractivity contribution >= 4 is 36.8 Å². The van der Waals surface area contributed by atoms with Gasteiger partial charge in [-0.25, -0.2) is 19.6 Å². The maximum Gasteiger partial charge on any atom is 0.354 e. The van der Waals surface area contributed by atoms with Gasteiger partial charge < -0.3 is 10.2 Å². The van der Waals surface area contributed by atoms with Crippen LogP contribution in [0.5, 0.6) is 0 Å². The molecule has 78 valence electrons. The van der Waals surface area contributed by atoms with Crippen LogP contribution in [0.4, 0.5) is 0 Å². The molecule has 0 aliphatic carbocycles. The summed E-state index contributed by atoms with van der Waals surface area (Å²) >= 11 is 0. The topological polar surface area (TPSA) is 100 Å². The van der Waals surface area contributed by atoms with Crippen molar-refractivity contribution in [2.45, 2.75) is 0 Å². The summed E-state index contributed by atoms with van der Waals surface area (Å²) in [5.74, 6) is -2.56. The summed E-state index contributed by atoms with van der Waals surface area (Å²) in [6, 6.07) is 0.894. The molecular weight excluding hydrogens is 235 g/mol. The van der Waals surface area contributed by atoms with Gasteiger partial charge in [-0.1, -0.05) is 0 Å². The smallest absolute Gasteiger partial charge is 0.354 e. The first-order valence-electron chi connectivity index (χ1n) is 2.90. The van der Waals surface area contributed by atoms with Crippen LogP contribution in [-0.2, 0) is 0 Å². The van der Waals surface area contributed by atoms with Gasteiger partial charge in [0.05, 0.1) is 0 Å². The quantitative estimate of drug-likeness (QED) is 0.790. The molecule has 6 nitrogen and oxygen atoms in total. The second-order valence-electron chi connectivity index (χ2n) is 1.90. The zero-order valence-electron chi connectivity index (χ0n) is 6.58. The lowest BCUT2D eigenvalue weighted by molar-refractivity contribution is 0.0689. The minimum absolute atomic E-state index is 0. The highest BCUT2D eigenvalue weighted by molar-refractivity contribution is 5.90. The Balaban J connectivity index is 0. The van der Waals surface area contributed by atoms with Crippen molar-refractivity contribution in [2.24, 2.45) is 0 Å². The molecule has 0 radical (unpaired) electrons. The van der Waals surface area contributed by atoms with Gasteiger partial charge in [-0.15, -0.1) is 24.8 Å². The lowest BCUT2D eigenvalue weighted by Gasteiger charge is -1.93. The van der Waals surface area contributed by atoms with E-state index >= 15 is 0 Å². The van der Waals surface area contributed by atoms with Crippen molar-refractivity contribution in [2.75, 3.05) is 0 Å². The summed E-state index contributed by atoms with van der Waals surface area (Å²) in [4.78, 5) is 27.3. The standard InChI is InChI=1S/C6H4N2O4.2ClH/c9-5(10)3-1-4(6(11)12)8-2-7-3;;/h1-2H,(H,9,10)(H,11,12);2*1H. The highest BCUT2D eigenvalue weighted by atomic mass is 35.5. The zero-order chi connectivity index (χ0) is 9.14. The van der Waals surface area contributed by atoms with Gasteiger partial charge in [-0.05, 0) is 0 Å². The Bertz CT molecular complexity index is 315. The van der Waals surface area contributed by atoms with Gasteiger partial charge in [-0.2, -0.15) is 0 Å². The second kappa shape index (κ2) is 6.11. The zero-order valence-corrected chi connectivity index (χ0v) is 8.21. The van der Waals surface area contributed by atoms with Crippen LogP contribution >= 0.6 is 24.8 Å². The van der Waals surface area contributed by atoms with E-state index in [9.17, 15) is 9.59 Å². The molecular formula is C6H6Cl2N2O4. The van der Waals surface area contributed by atoms with Crippen LogP contribution in [0.1, 0.15) is 21.0 Å². The molecule has 0 aliphatic heterocycles. The van der Waals surface area contributed by atoms with Crippen molar-refractivity contribution in [1.82, 2.24) is 9.97 Å². The second-order valence-corrected chi connectivity index (χ2v) is 1.90. The molecule has 1 aromatic heterocycles. The average molecular weight is 241 g/mol. The SMILES string of the molecule is Cl.Cl.O=C(O)c1cc(C(=O)O)ncn1. The van der Waals surface area contributed by atoms with E-state index < -0.39 is 11.9 Å². The van der Waals surface area contributed by atoms with Crippen molar-refractivity contribution in [3.05, 3.63) is 23.8 Å². The molecule has 0 aromatic carbocycles. The molecule has 1 rings (SSSR count). The van der Waals surface area contributed by atoms with E-state index in [-0.39, 0.29) is 36.2 Å². The van der Waals surface area contributed by atoms with Crippen LogP contribution in [0.3, 0.4) is 0 Å². The van der Waals surface area contributed by atoms with Crippen molar-refractivity contribution in [3.8, 4) is 0 Å². The lowest BCUT2D eigenvalue weighted by Crippen LogP contribution is -2.06. The van der Waals surface area contributed by atoms with E-state index in [1.807, 2.05) is 0 Å². The predicted molar refractivity (Wildman–Crippen MR) is 50.4 cm³/mol. The molecule has 14 heavy (non-hydrogen) atoms. The number of hydrogen-bond donors (Lipinski definition) is 2. The first-order chi connectivity index (χ1) is 5.61. The number of halogens is 2. The number of carbonyl (C=O) groups is 2. The highest BCUT2D eigenvalue weighted by Crippen LogP contribution is 1.97. The number of aromatic nitrogens is 2. The van der Waals surface area contributed by atoms with Crippen LogP contribution < -0.4 is 0 Å². The molecule has 0 saturated carbocycles. The molecule has 0 bridgehead atoms. The van der Waals surface area contributed by atoms with Crippen LogP contribution in [0.2, 0.25) is 0 Å². The molecule has 1 aromatic rings. The minimum Gasteiger partial charge on any atom is -0.477 e. The summed E-state index contributed by atoms with van der Waals surface area (Å²) < 4.78 is 0. The van der Waals surface area contributed by atoms with Crippen LogP contribution in [0.25, 0.3) is 0 Å². The number of carboxylic acid groups (broad SMARTS) is 2. The maximum atomic E-state index is 10.3. The minimum atomic E-state index is -1.28. The third-order valence-corrected chi connectivity index (χ3v) is 1.11. The van der Waals surface area contributed by atoms with E-state index in [0.717, 1.165) is 12.4 Å². The summed E-state index contributed by atoms with van der Waals surface area (Å²) in [5, 5.41) is 16.8. The van der Waals surface area contributed by atoms with E-state index in [0.29, 0.717) is 0 Å². The normalized spacial score (nSPS) is 8.00. The third-order valence-electron chi connectivity index (χ3n) is 1.11. The first kappa shape index (κ1) is 15.1. The molecule has 0 fully saturated rings. The molecule has 1 heterocycles. The molecule has 0 amide bonds.